The Hall–Kier alpha value is -0.500. The summed E-state index contributed by atoms with van der Waals surface area (Å²) in [5.74, 6) is 0.880. The maximum atomic E-state index is 5.23. The highest BCUT2D eigenvalue weighted by atomic mass is 79.9. The fourth-order valence-corrected chi connectivity index (χ4v) is 1.08. The zero-order chi connectivity index (χ0) is 9.19. The Kier molecular flexibility index (Phi) is 2.78. The van der Waals surface area contributed by atoms with Crippen molar-refractivity contribution in [2.45, 2.75) is 20.8 Å². The molecular formula is C10H13BrO. The third-order valence-electron chi connectivity index (χ3n) is 1.38. The van der Waals surface area contributed by atoms with Crippen molar-refractivity contribution in [3.05, 3.63) is 28.6 Å². The lowest BCUT2D eigenvalue weighted by Gasteiger charge is -2.10. The van der Waals surface area contributed by atoms with Gasteiger partial charge in [-0.25, -0.2) is 0 Å². The topological polar surface area (TPSA) is 13.1 Å². The quantitative estimate of drug-likeness (QED) is 0.706. The molecule has 0 unspecified atom stereocenters. The number of rotatable bonds is 1. The Morgan fingerprint density at radius 2 is 2.08 bits per heavy atom. The summed E-state index contributed by atoms with van der Waals surface area (Å²) >= 11 is 3.39. The van der Waals surface area contributed by atoms with Crippen molar-refractivity contribution in [2.75, 3.05) is 0 Å². The van der Waals surface area contributed by atoms with Gasteiger partial charge >= 0.3 is 0 Å². The fourth-order valence-electron chi connectivity index (χ4n) is 0.750. The van der Waals surface area contributed by atoms with E-state index in [-0.39, 0.29) is 5.41 Å². The minimum atomic E-state index is 0.201. The summed E-state index contributed by atoms with van der Waals surface area (Å²) in [7, 11) is 0. The van der Waals surface area contributed by atoms with Gasteiger partial charge in [-0.3, -0.25) is 0 Å². The van der Waals surface area contributed by atoms with Crippen LogP contribution < -0.4 is 0 Å². The molecule has 0 radical (unpaired) electrons. The Morgan fingerprint density at radius 1 is 1.42 bits per heavy atom. The van der Waals surface area contributed by atoms with E-state index in [4.69, 9.17) is 4.42 Å². The van der Waals surface area contributed by atoms with Crippen molar-refractivity contribution in [3.8, 4) is 0 Å². The molecule has 0 fully saturated rings. The molecule has 0 amide bonds. The number of halogens is 1. The molecule has 66 valence electrons. The normalized spacial score (nSPS) is 12.7. The zero-order valence-electron chi connectivity index (χ0n) is 7.60. The third-order valence-corrected chi connectivity index (χ3v) is 2.03. The lowest BCUT2D eigenvalue weighted by molar-refractivity contribution is 0.536. The summed E-state index contributed by atoms with van der Waals surface area (Å²) in [6.45, 7) is 6.46. The van der Waals surface area contributed by atoms with Gasteiger partial charge < -0.3 is 4.42 Å². The minimum absolute atomic E-state index is 0.201. The van der Waals surface area contributed by atoms with Crippen LogP contribution >= 0.6 is 15.9 Å². The first-order chi connectivity index (χ1) is 5.49. The largest absolute Gasteiger partial charge is 0.464 e. The summed E-state index contributed by atoms with van der Waals surface area (Å²) in [4.78, 5) is 0. The molecule has 0 N–H and O–H groups in total. The molecule has 0 saturated heterocycles. The van der Waals surface area contributed by atoms with E-state index in [1.54, 1.807) is 6.26 Å². The van der Waals surface area contributed by atoms with Crippen LogP contribution in [0.5, 0.6) is 0 Å². The van der Waals surface area contributed by atoms with Gasteiger partial charge in [0.1, 0.15) is 5.76 Å². The summed E-state index contributed by atoms with van der Waals surface area (Å²) < 4.78 is 6.23. The molecule has 0 aliphatic carbocycles. The van der Waals surface area contributed by atoms with E-state index >= 15 is 0 Å². The number of allylic oxidation sites excluding steroid dienone is 1. The van der Waals surface area contributed by atoms with Gasteiger partial charge in [0, 0.05) is 0 Å². The van der Waals surface area contributed by atoms with E-state index < -0.39 is 0 Å². The van der Waals surface area contributed by atoms with E-state index in [0.29, 0.717) is 0 Å². The van der Waals surface area contributed by atoms with Gasteiger partial charge in [0.2, 0.25) is 0 Å². The van der Waals surface area contributed by atoms with Gasteiger partial charge in [-0.2, -0.15) is 0 Å². The number of hydrogen-bond donors (Lipinski definition) is 0. The van der Waals surface area contributed by atoms with Gasteiger partial charge in [-0.05, 0) is 33.5 Å². The van der Waals surface area contributed by atoms with Crippen molar-refractivity contribution in [1.29, 1.82) is 0 Å². The average molecular weight is 229 g/mol. The Labute approximate surface area is 81.6 Å². The van der Waals surface area contributed by atoms with Crippen LogP contribution in [-0.4, -0.2) is 0 Å². The summed E-state index contributed by atoms with van der Waals surface area (Å²) in [6, 6.07) is 1.89. The van der Waals surface area contributed by atoms with Crippen molar-refractivity contribution in [3.63, 3.8) is 0 Å². The van der Waals surface area contributed by atoms with E-state index in [0.717, 1.165) is 10.2 Å². The van der Waals surface area contributed by atoms with Crippen LogP contribution in [0.15, 0.2) is 27.3 Å². The number of furan rings is 1. The summed E-state index contributed by atoms with van der Waals surface area (Å²) in [6.07, 6.45) is 5.78. The van der Waals surface area contributed by atoms with Gasteiger partial charge in [0.05, 0.1) is 10.7 Å². The molecule has 0 atom stereocenters. The van der Waals surface area contributed by atoms with E-state index in [9.17, 15) is 0 Å². The van der Waals surface area contributed by atoms with E-state index in [1.165, 1.54) is 0 Å². The van der Waals surface area contributed by atoms with Gasteiger partial charge in [0.25, 0.3) is 0 Å². The van der Waals surface area contributed by atoms with Crippen LogP contribution in [0.3, 0.4) is 0 Å². The van der Waals surface area contributed by atoms with Crippen LogP contribution in [0.1, 0.15) is 26.5 Å². The Morgan fingerprint density at radius 3 is 2.50 bits per heavy atom. The monoisotopic (exact) mass is 228 g/mol. The van der Waals surface area contributed by atoms with Crippen molar-refractivity contribution in [2.24, 2.45) is 5.41 Å². The molecule has 1 aromatic heterocycles. The maximum Gasteiger partial charge on any atom is 0.140 e. The molecule has 1 heterocycles. The first-order valence-electron chi connectivity index (χ1n) is 3.91. The Balaban J connectivity index is 2.77. The molecule has 1 rings (SSSR count). The molecule has 2 heteroatoms. The predicted octanol–water partition coefficient (Wildman–Crippen LogP) is 4.10. The highest BCUT2D eigenvalue weighted by Crippen LogP contribution is 2.22. The summed E-state index contributed by atoms with van der Waals surface area (Å²) in [5, 5.41) is 0. The molecule has 1 nitrogen and oxygen atoms in total. The smallest absolute Gasteiger partial charge is 0.140 e. The first-order valence-corrected chi connectivity index (χ1v) is 4.70. The van der Waals surface area contributed by atoms with Crippen molar-refractivity contribution < 1.29 is 4.42 Å². The molecule has 0 spiro atoms. The van der Waals surface area contributed by atoms with E-state index in [1.807, 2.05) is 12.1 Å². The number of hydrogen-bond acceptors (Lipinski definition) is 1. The molecule has 12 heavy (non-hydrogen) atoms. The van der Waals surface area contributed by atoms with Gasteiger partial charge in [0.15, 0.2) is 0 Å². The van der Waals surface area contributed by atoms with Gasteiger partial charge in [-0.1, -0.05) is 26.8 Å². The second-order valence-electron chi connectivity index (χ2n) is 3.83. The zero-order valence-corrected chi connectivity index (χ0v) is 9.18. The molecule has 0 aliphatic rings. The molecule has 0 aromatic carbocycles. The SMILES string of the molecule is CC(C)(C)/C=C/c1occc1Br. The van der Waals surface area contributed by atoms with Crippen LogP contribution in [0.4, 0.5) is 0 Å². The minimum Gasteiger partial charge on any atom is -0.464 e. The second-order valence-corrected chi connectivity index (χ2v) is 4.69. The lowest BCUT2D eigenvalue weighted by Crippen LogP contribution is -1.97. The first kappa shape index (κ1) is 9.59. The molecular weight excluding hydrogens is 216 g/mol. The van der Waals surface area contributed by atoms with Crippen LogP contribution in [0.2, 0.25) is 0 Å². The van der Waals surface area contributed by atoms with Crippen molar-refractivity contribution >= 4 is 22.0 Å². The maximum absolute atomic E-state index is 5.23. The van der Waals surface area contributed by atoms with Crippen LogP contribution in [0.25, 0.3) is 6.08 Å². The molecule has 0 bridgehead atoms. The van der Waals surface area contributed by atoms with E-state index in [2.05, 4.69) is 42.8 Å². The standard InChI is InChI=1S/C10H13BrO/c1-10(2,3)6-4-9-8(11)5-7-12-9/h4-7H,1-3H3/b6-4+. The average Bonchev–Trinajstić information content (AvgIpc) is 2.29. The summed E-state index contributed by atoms with van der Waals surface area (Å²) in [5.41, 5.74) is 0.201. The van der Waals surface area contributed by atoms with Crippen LogP contribution in [-0.2, 0) is 0 Å². The third kappa shape index (κ3) is 2.86. The highest BCUT2D eigenvalue weighted by molar-refractivity contribution is 9.10. The predicted molar refractivity (Wildman–Crippen MR) is 54.9 cm³/mol. The van der Waals surface area contributed by atoms with Crippen molar-refractivity contribution in [1.82, 2.24) is 0 Å². The Bertz CT molecular complexity index is 278. The highest BCUT2D eigenvalue weighted by Gasteiger charge is 2.05. The molecule has 0 aliphatic heterocycles. The second kappa shape index (κ2) is 3.48. The fraction of sp³-hybridized carbons (Fsp3) is 0.400. The molecule has 1 aromatic rings. The molecule has 0 saturated carbocycles. The van der Waals surface area contributed by atoms with Gasteiger partial charge in [-0.15, -0.1) is 0 Å². The van der Waals surface area contributed by atoms with Crippen LogP contribution in [0, 0.1) is 5.41 Å². The lowest BCUT2D eigenvalue weighted by atomic mass is 9.96.